The van der Waals surface area contributed by atoms with E-state index in [0.29, 0.717) is 0 Å². The van der Waals surface area contributed by atoms with E-state index in [4.69, 9.17) is 4.74 Å². The van der Waals surface area contributed by atoms with Crippen molar-refractivity contribution in [1.29, 1.82) is 0 Å². The highest BCUT2D eigenvalue weighted by molar-refractivity contribution is 5.01. The van der Waals surface area contributed by atoms with Crippen LogP contribution >= 0.6 is 0 Å². The number of hydrogen-bond donors (Lipinski definition) is 1. The molecule has 0 amide bonds. The van der Waals surface area contributed by atoms with Crippen molar-refractivity contribution in [3.8, 4) is 0 Å². The summed E-state index contributed by atoms with van der Waals surface area (Å²) in [6, 6.07) is 0. The number of nitrogens with one attached hydrogen (secondary N) is 1. The maximum absolute atomic E-state index is 5.13. The zero-order chi connectivity index (χ0) is 9.40. The topological polar surface area (TPSA) is 21.3 Å². The minimum Gasteiger partial charge on any atom is -0.378 e. The first-order valence-electron chi connectivity index (χ1n) is 4.61. The molecule has 0 fully saturated rings. The number of ether oxygens (including phenoxy) is 1. The lowest BCUT2D eigenvalue weighted by atomic mass is 10.1. The van der Waals surface area contributed by atoms with Gasteiger partial charge >= 0.3 is 0 Å². The van der Waals surface area contributed by atoms with E-state index >= 15 is 0 Å². The smallest absolute Gasteiger partial charge is 0.0726 e. The molecule has 2 nitrogen and oxygen atoms in total. The maximum atomic E-state index is 5.13. The van der Waals surface area contributed by atoms with Crippen LogP contribution in [0, 0.1) is 0 Å². The van der Waals surface area contributed by atoms with Gasteiger partial charge < -0.3 is 10.1 Å². The van der Waals surface area contributed by atoms with Gasteiger partial charge in [0.1, 0.15) is 0 Å². The molecule has 0 aromatic rings. The second-order valence-electron chi connectivity index (χ2n) is 3.06. The van der Waals surface area contributed by atoms with Crippen molar-refractivity contribution in [2.75, 3.05) is 20.2 Å². The summed E-state index contributed by atoms with van der Waals surface area (Å²) in [6.07, 6.45) is 3.52. The van der Waals surface area contributed by atoms with Crippen molar-refractivity contribution in [3.63, 3.8) is 0 Å². The summed E-state index contributed by atoms with van der Waals surface area (Å²) >= 11 is 0. The number of rotatable bonds is 6. The van der Waals surface area contributed by atoms with Gasteiger partial charge in [0, 0.05) is 7.11 Å². The van der Waals surface area contributed by atoms with Crippen LogP contribution < -0.4 is 5.32 Å². The van der Waals surface area contributed by atoms with Gasteiger partial charge in [-0.25, -0.2) is 0 Å². The maximum Gasteiger partial charge on any atom is 0.0726 e. The third kappa shape index (κ3) is 6.38. The van der Waals surface area contributed by atoms with Crippen LogP contribution in [0.2, 0.25) is 0 Å². The summed E-state index contributed by atoms with van der Waals surface area (Å²) in [4.78, 5) is 0. The van der Waals surface area contributed by atoms with E-state index in [1.54, 1.807) is 7.11 Å². The molecule has 1 N–H and O–H groups in total. The van der Waals surface area contributed by atoms with Crippen molar-refractivity contribution in [3.05, 3.63) is 11.6 Å². The molecule has 0 bridgehead atoms. The van der Waals surface area contributed by atoms with Gasteiger partial charge in [0.15, 0.2) is 0 Å². The van der Waals surface area contributed by atoms with E-state index in [0.717, 1.165) is 19.5 Å². The molecular weight excluding hydrogens is 150 g/mol. The summed E-state index contributed by atoms with van der Waals surface area (Å²) in [5.41, 5.74) is 1.39. The van der Waals surface area contributed by atoms with Crippen LogP contribution in [0.3, 0.4) is 0 Å². The molecule has 0 aliphatic carbocycles. The monoisotopic (exact) mass is 171 g/mol. The van der Waals surface area contributed by atoms with Crippen molar-refractivity contribution < 1.29 is 4.74 Å². The van der Waals surface area contributed by atoms with Gasteiger partial charge in [-0.2, -0.15) is 0 Å². The minimum atomic E-state index is 0.242. The molecule has 72 valence electrons. The van der Waals surface area contributed by atoms with E-state index in [-0.39, 0.29) is 6.10 Å². The van der Waals surface area contributed by atoms with Crippen molar-refractivity contribution in [2.45, 2.75) is 33.3 Å². The SMILES string of the molecule is CCNCC/C(C)=C/C(C)OC. The standard InChI is InChI=1S/C10H21NO/c1-5-11-7-6-9(2)8-10(3)12-4/h8,10-11H,5-7H2,1-4H3/b9-8+. The fourth-order valence-electron chi connectivity index (χ4n) is 1.01. The molecule has 0 rings (SSSR count). The Labute approximate surface area is 76.0 Å². The van der Waals surface area contributed by atoms with E-state index in [1.807, 2.05) is 0 Å². The molecule has 2 heteroatoms. The Bertz CT molecular complexity index is 132. The predicted octanol–water partition coefficient (Wildman–Crippen LogP) is 1.97. The van der Waals surface area contributed by atoms with Crippen LogP contribution in [0.5, 0.6) is 0 Å². The summed E-state index contributed by atoms with van der Waals surface area (Å²) in [6.45, 7) is 8.43. The average molecular weight is 171 g/mol. The first kappa shape index (κ1) is 11.7. The molecule has 0 aliphatic heterocycles. The molecule has 0 heterocycles. The van der Waals surface area contributed by atoms with Crippen LogP contribution in [-0.2, 0) is 4.74 Å². The van der Waals surface area contributed by atoms with Gasteiger partial charge in [0.05, 0.1) is 6.10 Å². The largest absolute Gasteiger partial charge is 0.378 e. The third-order valence-electron chi connectivity index (χ3n) is 1.84. The second-order valence-corrected chi connectivity index (χ2v) is 3.06. The number of methoxy groups -OCH3 is 1. The molecule has 12 heavy (non-hydrogen) atoms. The molecule has 0 saturated heterocycles. The van der Waals surface area contributed by atoms with Gasteiger partial charge in [-0.15, -0.1) is 0 Å². The summed E-state index contributed by atoms with van der Waals surface area (Å²) in [7, 11) is 1.73. The summed E-state index contributed by atoms with van der Waals surface area (Å²) in [5, 5.41) is 3.29. The van der Waals surface area contributed by atoms with Crippen molar-refractivity contribution >= 4 is 0 Å². The minimum absolute atomic E-state index is 0.242. The molecule has 0 spiro atoms. The fourth-order valence-corrected chi connectivity index (χ4v) is 1.01. The normalized spacial score (nSPS) is 14.8. The lowest BCUT2D eigenvalue weighted by Gasteiger charge is -2.06. The van der Waals surface area contributed by atoms with E-state index in [9.17, 15) is 0 Å². The van der Waals surface area contributed by atoms with Crippen LogP contribution in [0.15, 0.2) is 11.6 Å². The Morgan fingerprint density at radius 2 is 2.25 bits per heavy atom. The van der Waals surface area contributed by atoms with Gasteiger partial charge in [-0.05, 0) is 33.4 Å². The van der Waals surface area contributed by atoms with Gasteiger partial charge in [0.25, 0.3) is 0 Å². The fraction of sp³-hybridized carbons (Fsp3) is 0.800. The Morgan fingerprint density at radius 1 is 1.58 bits per heavy atom. The summed E-state index contributed by atoms with van der Waals surface area (Å²) < 4.78 is 5.13. The number of hydrogen-bond acceptors (Lipinski definition) is 2. The molecular formula is C10H21NO. The zero-order valence-corrected chi connectivity index (χ0v) is 8.68. The third-order valence-corrected chi connectivity index (χ3v) is 1.84. The molecule has 0 radical (unpaired) electrons. The zero-order valence-electron chi connectivity index (χ0n) is 8.68. The van der Waals surface area contributed by atoms with Crippen LogP contribution in [0.1, 0.15) is 27.2 Å². The van der Waals surface area contributed by atoms with Crippen LogP contribution in [-0.4, -0.2) is 26.3 Å². The quantitative estimate of drug-likeness (QED) is 0.487. The van der Waals surface area contributed by atoms with Crippen molar-refractivity contribution in [2.24, 2.45) is 0 Å². The molecule has 1 unspecified atom stereocenters. The predicted molar refractivity (Wildman–Crippen MR) is 53.4 cm³/mol. The van der Waals surface area contributed by atoms with E-state index in [2.05, 4.69) is 32.2 Å². The van der Waals surface area contributed by atoms with Crippen LogP contribution in [0.4, 0.5) is 0 Å². The highest BCUT2D eigenvalue weighted by Gasteiger charge is 1.95. The van der Waals surface area contributed by atoms with Crippen LogP contribution in [0.25, 0.3) is 0 Å². The Kier molecular flexibility index (Phi) is 7.11. The first-order valence-corrected chi connectivity index (χ1v) is 4.61. The Morgan fingerprint density at radius 3 is 2.75 bits per heavy atom. The Hall–Kier alpha value is -0.340. The molecule has 0 aromatic carbocycles. The lowest BCUT2D eigenvalue weighted by molar-refractivity contribution is 0.155. The van der Waals surface area contributed by atoms with E-state index < -0.39 is 0 Å². The van der Waals surface area contributed by atoms with Gasteiger partial charge in [0.2, 0.25) is 0 Å². The molecule has 0 aliphatic rings. The Balaban J connectivity index is 3.55. The van der Waals surface area contributed by atoms with Gasteiger partial charge in [-0.1, -0.05) is 18.6 Å². The lowest BCUT2D eigenvalue weighted by Crippen LogP contribution is -2.14. The van der Waals surface area contributed by atoms with Gasteiger partial charge in [-0.3, -0.25) is 0 Å². The summed E-state index contributed by atoms with van der Waals surface area (Å²) in [5.74, 6) is 0. The first-order chi connectivity index (χ1) is 5.70. The highest BCUT2D eigenvalue weighted by Crippen LogP contribution is 2.02. The molecule has 0 saturated carbocycles. The highest BCUT2D eigenvalue weighted by atomic mass is 16.5. The molecule has 0 aromatic heterocycles. The second kappa shape index (κ2) is 7.32. The molecule has 1 atom stereocenters. The van der Waals surface area contributed by atoms with E-state index in [1.165, 1.54) is 5.57 Å². The average Bonchev–Trinajstić information content (AvgIpc) is 2.05. The van der Waals surface area contributed by atoms with Crippen molar-refractivity contribution in [1.82, 2.24) is 5.32 Å².